The van der Waals surface area contributed by atoms with Gasteiger partial charge in [0.1, 0.15) is 0 Å². The molecule has 1 aliphatic heterocycles. The maximum Gasteiger partial charge on any atom is 0.0920 e. The van der Waals surface area contributed by atoms with E-state index in [0.717, 1.165) is 9.52 Å². The molecule has 1 heterocycles. The Bertz CT molecular complexity index is 1410. The quantitative estimate of drug-likeness (QED) is 0.139. The summed E-state index contributed by atoms with van der Waals surface area (Å²) in [6.07, 6.45) is 0. The third-order valence-corrected chi connectivity index (χ3v) is 9.75. The predicted octanol–water partition coefficient (Wildman–Crippen LogP) is 7.58. The molecule has 0 aliphatic carbocycles. The summed E-state index contributed by atoms with van der Waals surface area (Å²) in [6.45, 7) is 9.45. The molecule has 0 aromatic heterocycles. The number of benzene rings is 4. The monoisotopic (exact) mass is 616 g/mol. The van der Waals surface area contributed by atoms with Crippen molar-refractivity contribution in [2.24, 2.45) is 0 Å². The molecule has 0 unspecified atom stereocenters. The minimum atomic E-state index is -1.26. The molecule has 5 aromatic carbocycles. The van der Waals surface area contributed by atoms with Crippen LogP contribution in [0.15, 0.2) is 97.1 Å². The predicted molar refractivity (Wildman–Crippen MR) is 160 cm³/mol. The van der Waals surface area contributed by atoms with Crippen LogP contribution in [-0.4, -0.2) is 17.6 Å². The molecule has 178 valence electrons. The van der Waals surface area contributed by atoms with Crippen LogP contribution in [0.4, 0.5) is 0 Å². The summed E-state index contributed by atoms with van der Waals surface area (Å²) in [7, 11) is 9.41. The fourth-order valence-corrected chi connectivity index (χ4v) is 7.01. The average molecular weight is 619 g/mol. The van der Waals surface area contributed by atoms with E-state index in [0.29, 0.717) is 0 Å². The summed E-state index contributed by atoms with van der Waals surface area (Å²) in [6, 6.07) is 38.3. The summed E-state index contributed by atoms with van der Waals surface area (Å²) in [5.74, 6) is 0. The van der Waals surface area contributed by atoms with E-state index in [1.807, 2.05) is 6.07 Å². The smallest absolute Gasteiger partial charge is 0.0920 e. The number of rotatable bonds is 2. The normalized spacial score (nSPS) is 11.4. The van der Waals surface area contributed by atoms with Crippen LogP contribution in [0.3, 0.4) is 0 Å². The van der Waals surface area contributed by atoms with Crippen molar-refractivity contribution in [1.82, 2.24) is 0 Å². The maximum atomic E-state index is 4.93. The van der Waals surface area contributed by atoms with Gasteiger partial charge in [-0.2, -0.15) is 35.5 Å². The number of halogens is 2. The van der Waals surface area contributed by atoms with Crippen molar-refractivity contribution in [3.05, 3.63) is 109 Å². The zero-order chi connectivity index (χ0) is 25.7. The molecule has 5 heteroatoms. The molecule has 0 nitrogen and oxygen atoms in total. The van der Waals surface area contributed by atoms with Crippen molar-refractivity contribution >= 4 is 61.0 Å². The van der Waals surface area contributed by atoms with Gasteiger partial charge in [-0.3, -0.25) is 0 Å². The van der Waals surface area contributed by atoms with Gasteiger partial charge in [0.15, 0.2) is 0 Å². The third-order valence-electron chi connectivity index (χ3n) is 6.36. The molecule has 0 saturated carbocycles. The van der Waals surface area contributed by atoms with Crippen molar-refractivity contribution in [2.75, 3.05) is 0 Å². The molecular weight excluding hydrogens is 591 g/mol. The molecule has 0 fully saturated rings. The van der Waals surface area contributed by atoms with Gasteiger partial charge in [0.2, 0.25) is 0 Å². The Labute approximate surface area is 237 Å². The number of hydrogen-bond donors (Lipinski definition) is 0. The largest absolute Gasteiger partial charge is 0.184 e. The topological polar surface area (TPSA) is 0 Å². The van der Waals surface area contributed by atoms with Crippen LogP contribution in [-0.2, 0) is 20.8 Å². The summed E-state index contributed by atoms with van der Waals surface area (Å²) in [4.78, 5) is 0. The van der Waals surface area contributed by atoms with Crippen molar-refractivity contribution < 1.29 is 20.8 Å². The molecule has 0 bridgehead atoms. The van der Waals surface area contributed by atoms with Crippen molar-refractivity contribution in [2.45, 2.75) is 26.6 Å². The fraction of sp³-hybridized carbons (Fsp3) is 0.129. The van der Waals surface area contributed by atoms with Crippen molar-refractivity contribution in [3.8, 4) is 22.3 Å². The molecular formula is C31H28Cl2Si2Zr. The van der Waals surface area contributed by atoms with Crippen LogP contribution < -0.4 is 15.6 Å². The maximum absolute atomic E-state index is 4.93. The first-order valence-electron chi connectivity index (χ1n) is 11.9. The molecule has 0 saturated heterocycles. The standard InChI is InChI=1S/C19H21Si.C12H7Si.2ClH.Zr/c1-14-10-11-16-12-17(20(2,3)4)13-18(16)19(14)15-8-6-5-7-9-15;1-3-7-11-9(5-1)10-6-2-4-8-12(10)13-11;;;/h5-13H,1-4H3;1-7H;2*1H;/q2*-1;;;+4/p-2. The van der Waals surface area contributed by atoms with E-state index in [9.17, 15) is 0 Å². The Morgan fingerprint density at radius 1 is 0.833 bits per heavy atom. The van der Waals surface area contributed by atoms with Gasteiger partial charge in [0.05, 0.1) is 17.6 Å². The van der Waals surface area contributed by atoms with Gasteiger partial charge in [-0.1, -0.05) is 96.1 Å². The molecule has 0 amide bonds. The number of hydrogen-bond acceptors (Lipinski definition) is 0. The Hall–Kier alpha value is -1.61. The molecule has 5 aromatic rings. The molecule has 2 radical (unpaired) electrons. The second-order valence-corrected chi connectivity index (χ2v) is 19.9. The van der Waals surface area contributed by atoms with E-state index in [1.54, 1.807) is 5.19 Å². The first kappa shape index (κ1) is 27.4. The van der Waals surface area contributed by atoms with Crippen LogP contribution in [0, 0.1) is 13.0 Å². The Morgan fingerprint density at radius 3 is 2.22 bits per heavy atom. The first-order valence-corrected chi connectivity index (χ1v) is 22.8. The van der Waals surface area contributed by atoms with E-state index in [4.69, 9.17) is 17.0 Å². The van der Waals surface area contributed by atoms with Crippen LogP contribution in [0.25, 0.3) is 33.0 Å². The van der Waals surface area contributed by atoms with Gasteiger partial charge in [0.25, 0.3) is 0 Å². The Balaban J connectivity index is 0.000000163. The third kappa shape index (κ3) is 6.26. The molecule has 1 aliphatic rings. The summed E-state index contributed by atoms with van der Waals surface area (Å²) in [5, 5.41) is 7.17. The van der Waals surface area contributed by atoms with Crippen LogP contribution in [0.5, 0.6) is 0 Å². The zero-order valence-electron chi connectivity index (χ0n) is 21.0. The van der Waals surface area contributed by atoms with Crippen molar-refractivity contribution in [1.29, 1.82) is 0 Å². The van der Waals surface area contributed by atoms with E-state index in [1.165, 1.54) is 49.0 Å². The van der Waals surface area contributed by atoms with Gasteiger partial charge in [-0.25, -0.2) is 0 Å². The van der Waals surface area contributed by atoms with Crippen LogP contribution in [0.2, 0.25) is 19.6 Å². The summed E-state index contributed by atoms with van der Waals surface area (Å²) in [5.41, 5.74) is 6.84. The van der Waals surface area contributed by atoms with Crippen LogP contribution in [0.1, 0.15) is 5.56 Å². The van der Waals surface area contributed by atoms with Gasteiger partial charge < -0.3 is 0 Å². The minimum Gasteiger partial charge on any atom is -0.184 e. The van der Waals surface area contributed by atoms with E-state index in [2.05, 4.69) is 124 Å². The SMILES string of the molecule is Cc1ccc2[cH-]c([Si](C)(C)C)cc2c1-c1ccccc1.[Cl][Zr+2][Cl].[c-]1cccc2c1[Si]c1ccccc1-2. The minimum absolute atomic E-state index is 0.795. The van der Waals surface area contributed by atoms with Gasteiger partial charge in [-0.05, 0) is 12.5 Å². The molecule has 0 N–H and O–H groups in total. The first-order chi connectivity index (χ1) is 17.3. The Morgan fingerprint density at radius 2 is 1.50 bits per heavy atom. The second-order valence-electron chi connectivity index (χ2n) is 9.82. The van der Waals surface area contributed by atoms with E-state index in [-0.39, 0.29) is 0 Å². The van der Waals surface area contributed by atoms with E-state index >= 15 is 0 Å². The van der Waals surface area contributed by atoms with Gasteiger partial charge >= 0.3 is 37.9 Å². The summed E-state index contributed by atoms with van der Waals surface area (Å²) >= 11 is -0.826. The molecule has 36 heavy (non-hydrogen) atoms. The van der Waals surface area contributed by atoms with E-state index < -0.39 is 28.9 Å². The number of aryl methyl sites for hydroxylation is 1. The zero-order valence-corrected chi connectivity index (χ0v) is 27.0. The second kappa shape index (κ2) is 12.3. The molecule has 0 spiro atoms. The van der Waals surface area contributed by atoms with Gasteiger partial charge in [-0.15, -0.1) is 39.7 Å². The van der Waals surface area contributed by atoms with Crippen molar-refractivity contribution in [3.63, 3.8) is 0 Å². The van der Waals surface area contributed by atoms with Gasteiger partial charge in [0, 0.05) is 0 Å². The van der Waals surface area contributed by atoms with Crippen LogP contribution >= 0.6 is 17.0 Å². The summed E-state index contributed by atoms with van der Waals surface area (Å²) < 4.78 is 0. The fourth-order valence-electron chi connectivity index (χ4n) is 4.54. The number of fused-ring (bicyclic) bond motifs is 4. The average Bonchev–Trinajstić information content (AvgIpc) is 3.47. The molecule has 0 atom stereocenters. The Kier molecular flexibility index (Phi) is 9.36. The molecule has 6 rings (SSSR count).